The lowest BCUT2D eigenvalue weighted by Gasteiger charge is -2.03. The van der Waals surface area contributed by atoms with Crippen LogP contribution in [0.15, 0.2) is 54.6 Å². The minimum atomic E-state index is -0.110. The Morgan fingerprint density at radius 1 is 1.04 bits per heavy atom. The van der Waals surface area contributed by atoms with Gasteiger partial charge in [-0.3, -0.25) is 4.79 Å². The van der Waals surface area contributed by atoms with Crippen molar-refractivity contribution < 1.29 is 4.79 Å². The molecule has 0 N–H and O–H groups in total. The van der Waals surface area contributed by atoms with Crippen LogP contribution >= 0.6 is 23.2 Å². The van der Waals surface area contributed by atoms with E-state index in [1.165, 1.54) is 6.08 Å². The summed E-state index contributed by atoms with van der Waals surface area (Å²) in [6, 6.07) is 14.7. The summed E-state index contributed by atoms with van der Waals surface area (Å²) in [7, 11) is 0. The summed E-state index contributed by atoms with van der Waals surface area (Å²) in [5.74, 6) is -0.110. The Bertz CT molecular complexity index is 915. The van der Waals surface area contributed by atoms with Crippen molar-refractivity contribution in [2.45, 2.75) is 6.92 Å². The Balaban J connectivity index is 1.91. The normalized spacial score (nSPS) is 11.3. The number of aromatic nitrogens is 1. The van der Waals surface area contributed by atoms with Crippen molar-refractivity contribution >= 4 is 46.0 Å². The first-order valence-corrected chi connectivity index (χ1v) is 7.83. The number of hydrogen-bond acceptors (Lipinski definition) is 2. The molecule has 0 fully saturated rings. The molecule has 1 aromatic heterocycles. The van der Waals surface area contributed by atoms with Crippen molar-refractivity contribution in [3.63, 3.8) is 0 Å². The van der Waals surface area contributed by atoms with E-state index in [1.54, 1.807) is 30.3 Å². The first kappa shape index (κ1) is 15.7. The van der Waals surface area contributed by atoms with Crippen molar-refractivity contribution in [3.05, 3.63) is 81.5 Å². The molecule has 0 amide bonds. The first-order chi connectivity index (χ1) is 11.0. The van der Waals surface area contributed by atoms with Gasteiger partial charge in [0.15, 0.2) is 5.78 Å². The lowest BCUT2D eigenvalue weighted by molar-refractivity contribution is 0.104. The number of allylic oxidation sites excluding steroid dienone is 1. The zero-order valence-electron chi connectivity index (χ0n) is 12.4. The molecule has 1 heterocycles. The molecule has 2 nitrogen and oxygen atoms in total. The fourth-order valence-electron chi connectivity index (χ4n) is 2.26. The van der Waals surface area contributed by atoms with Crippen LogP contribution < -0.4 is 0 Å². The second-order valence-electron chi connectivity index (χ2n) is 5.27. The number of benzene rings is 2. The second-order valence-corrected chi connectivity index (χ2v) is 6.06. The third-order valence-electron chi connectivity index (χ3n) is 3.50. The summed E-state index contributed by atoms with van der Waals surface area (Å²) in [5, 5.41) is 1.96. The number of aryl methyl sites for hydroxylation is 1. The van der Waals surface area contributed by atoms with Crippen molar-refractivity contribution in [2.24, 2.45) is 0 Å². The number of rotatable bonds is 3. The van der Waals surface area contributed by atoms with Crippen molar-refractivity contribution in [1.29, 1.82) is 0 Å². The highest BCUT2D eigenvalue weighted by Gasteiger charge is 2.05. The lowest BCUT2D eigenvalue weighted by Crippen LogP contribution is -1.93. The van der Waals surface area contributed by atoms with Gasteiger partial charge >= 0.3 is 0 Å². The number of halogens is 2. The van der Waals surface area contributed by atoms with Crippen LogP contribution in [0, 0.1) is 6.92 Å². The number of fused-ring (bicyclic) bond motifs is 1. The predicted octanol–water partition coefficient (Wildman–Crippen LogP) is 5.75. The SMILES string of the molecule is Cc1ccc2cc(/C=C/C(=O)c3ccc(Cl)cc3)c(Cl)nc2c1. The number of carbonyl (C=O) groups is 1. The van der Waals surface area contributed by atoms with E-state index in [4.69, 9.17) is 23.2 Å². The van der Waals surface area contributed by atoms with Crippen LogP contribution in [0.1, 0.15) is 21.5 Å². The molecule has 4 heteroatoms. The fourth-order valence-corrected chi connectivity index (χ4v) is 2.60. The molecule has 0 spiro atoms. The standard InChI is InChI=1S/C19H13Cl2NO/c1-12-2-3-14-11-15(19(21)22-17(14)10-12)6-9-18(23)13-4-7-16(20)8-5-13/h2-11H,1H3/b9-6+. The summed E-state index contributed by atoms with van der Waals surface area (Å²) in [4.78, 5) is 16.5. The average molecular weight is 342 g/mol. The number of ketones is 1. The van der Waals surface area contributed by atoms with E-state index in [-0.39, 0.29) is 5.78 Å². The maximum atomic E-state index is 12.2. The second kappa shape index (κ2) is 6.53. The van der Waals surface area contributed by atoms with Gasteiger partial charge in [0.1, 0.15) is 5.15 Å². The molecule has 0 radical (unpaired) electrons. The van der Waals surface area contributed by atoms with Gasteiger partial charge in [0, 0.05) is 21.5 Å². The molecule has 23 heavy (non-hydrogen) atoms. The Kier molecular flexibility index (Phi) is 4.46. The van der Waals surface area contributed by atoms with E-state index in [2.05, 4.69) is 4.98 Å². The third kappa shape index (κ3) is 3.61. The molecule has 0 saturated carbocycles. The average Bonchev–Trinajstić information content (AvgIpc) is 2.53. The highest BCUT2D eigenvalue weighted by atomic mass is 35.5. The van der Waals surface area contributed by atoms with Crippen LogP contribution in [0.5, 0.6) is 0 Å². The van der Waals surface area contributed by atoms with Gasteiger partial charge in [-0.2, -0.15) is 0 Å². The predicted molar refractivity (Wildman–Crippen MR) is 96.3 cm³/mol. The Labute approximate surface area is 144 Å². The molecule has 0 aliphatic carbocycles. The van der Waals surface area contributed by atoms with E-state index in [0.29, 0.717) is 21.3 Å². The quantitative estimate of drug-likeness (QED) is 0.345. The summed E-state index contributed by atoms with van der Waals surface area (Å²) in [6.07, 6.45) is 3.18. The lowest BCUT2D eigenvalue weighted by atomic mass is 10.1. The highest BCUT2D eigenvalue weighted by molar-refractivity contribution is 6.31. The van der Waals surface area contributed by atoms with Gasteiger partial charge in [-0.25, -0.2) is 4.98 Å². The van der Waals surface area contributed by atoms with E-state index >= 15 is 0 Å². The number of hydrogen-bond donors (Lipinski definition) is 0. The minimum Gasteiger partial charge on any atom is -0.289 e. The van der Waals surface area contributed by atoms with Crippen molar-refractivity contribution in [3.8, 4) is 0 Å². The Morgan fingerprint density at radius 2 is 1.78 bits per heavy atom. The molecule has 0 atom stereocenters. The molecule has 2 aromatic carbocycles. The zero-order valence-corrected chi connectivity index (χ0v) is 13.9. The summed E-state index contributed by atoms with van der Waals surface area (Å²) < 4.78 is 0. The maximum Gasteiger partial charge on any atom is 0.185 e. The van der Waals surface area contributed by atoms with Crippen molar-refractivity contribution in [1.82, 2.24) is 4.98 Å². The summed E-state index contributed by atoms with van der Waals surface area (Å²) >= 11 is 12.0. The Hall–Kier alpha value is -2.16. The summed E-state index contributed by atoms with van der Waals surface area (Å²) in [6.45, 7) is 2.01. The molecule has 114 valence electrons. The molecule has 3 aromatic rings. The molecular weight excluding hydrogens is 329 g/mol. The smallest absolute Gasteiger partial charge is 0.185 e. The van der Waals surface area contributed by atoms with Crippen LogP contribution in [-0.4, -0.2) is 10.8 Å². The van der Waals surface area contributed by atoms with Crippen molar-refractivity contribution in [2.75, 3.05) is 0 Å². The zero-order chi connectivity index (χ0) is 16.4. The van der Waals surface area contributed by atoms with Gasteiger partial charge in [-0.1, -0.05) is 35.3 Å². The van der Waals surface area contributed by atoms with Gasteiger partial charge in [-0.05, 0) is 61.0 Å². The molecule has 0 aliphatic heterocycles. The monoisotopic (exact) mass is 341 g/mol. The van der Waals surface area contributed by atoms with E-state index in [9.17, 15) is 4.79 Å². The molecule has 0 aliphatic rings. The largest absolute Gasteiger partial charge is 0.289 e. The van der Waals surface area contributed by atoms with Crippen LogP contribution in [0.4, 0.5) is 0 Å². The van der Waals surface area contributed by atoms with Gasteiger partial charge in [0.05, 0.1) is 5.52 Å². The minimum absolute atomic E-state index is 0.110. The molecular formula is C19H13Cl2NO. The van der Waals surface area contributed by atoms with Gasteiger partial charge in [-0.15, -0.1) is 0 Å². The van der Waals surface area contributed by atoms with E-state index in [1.807, 2.05) is 31.2 Å². The number of carbonyl (C=O) groups excluding carboxylic acids is 1. The number of pyridine rings is 1. The van der Waals surface area contributed by atoms with Crippen LogP contribution in [0.25, 0.3) is 17.0 Å². The molecule has 0 bridgehead atoms. The van der Waals surface area contributed by atoms with E-state index < -0.39 is 0 Å². The van der Waals surface area contributed by atoms with Gasteiger partial charge in [0.2, 0.25) is 0 Å². The molecule has 0 unspecified atom stereocenters. The Morgan fingerprint density at radius 3 is 2.52 bits per heavy atom. The first-order valence-electron chi connectivity index (χ1n) is 7.08. The topological polar surface area (TPSA) is 30.0 Å². The van der Waals surface area contributed by atoms with Crippen LogP contribution in [-0.2, 0) is 0 Å². The fraction of sp³-hybridized carbons (Fsp3) is 0.0526. The third-order valence-corrected chi connectivity index (χ3v) is 4.05. The number of nitrogens with zero attached hydrogens (tertiary/aromatic N) is 1. The molecule has 0 saturated heterocycles. The van der Waals surface area contributed by atoms with Crippen LogP contribution in [0.3, 0.4) is 0 Å². The molecule has 3 rings (SSSR count). The van der Waals surface area contributed by atoms with Crippen LogP contribution in [0.2, 0.25) is 10.2 Å². The summed E-state index contributed by atoms with van der Waals surface area (Å²) in [5.41, 5.74) is 3.26. The van der Waals surface area contributed by atoms with Gasteiger partial charge in [0.25, 0.3) is 0 Å². The highest BCUT2D eigenvalue weighted by Crippen LogP contribution is 2.23. The maximum absolute atomic E-state index is 12.2. The van der Waals surface area contributed by atoms with E-state index in [0.717, 1.165) is 16.5 Å². The van der Waals surface area contributed by atoms with Gasteiger partial charge < -0.3 is 0 Å².